The van der Waals surface area contributed by atoms with Crippen molar-refractivity contribution in [3.05, 3.63) is 59.0 Å². The Morgan fingerprint density at radius 3 is 2.76 bits per heavy atom. The van der Waals surface area contributed by atoms with E-state index >= 15 is 0 Å². The number of hydrogen-bond donors (Lipinski definition) is 0. The number of pyridine rings is 1. The second-order valence-corrected chi connectivity index (χ2v) is 6.75. The minimum Gasteiger partial charge on any atom is -0.331 e. The Labute approximate surface area is 147 Å². The van der Waals surface area contributed by atoms with Gasteiger partial charge in [-0.15, -0.1) is 0 Å². The Balaban J connectivity index is 1.76. The molecule has 1 aliphatic rings. The zero-order valence-corrected chi connectivity index (χ0v) is 14.9. The smallest absolute Gasteiger partial charge is 0.256 e. The monoisotopic (exact) mass is 334 g/mol. The Morgan fingerprint density at radius 1 is 1.20 bits per heavy atom. The number of carbonyl (C=O) groups is 1. The van der Waals surface area contributed by atoms with E-state index in [9.17, 15) is 4.79 Å². The van der Waals surface area contributed by atoms with Gasteiger partial charge >= 0.3 is 0 Å². The SMILES string of the molecule is Cc1nn(C)c(C)c1C1CCCN1C(=O)c1cccc2cccnc12. The molecule has 25 heavy (non-hydrogen) atoms. The highest BCUT2D eigenvalue weighted by atomic mass is 16.2. The highest BCUT2D eigenvalue weighted by Crippen LogP contribution is 2.36. The topological polar surface area (TPSA) is 51.0 Å². The van der Waals surface area contributed by atoms with Gasteiger partial charge in [0.15, 0.2) is 0 Å². The lowest BCUT2D eigenvalue weighted by Gasteiger charge is -2.26. The summed E-state index contributed by atoms with van der Waals surface area (Å²) >= 11 is 0. The molecule has 0 radical (unpaired) electrons. The van der Waals surface area contributed by atoms with Crippen LogP contribution in [-0.4, -0.2) is 32.1 Å². The van der Waals surface area contributed by atoms with Gasteiger partial charge < -0.3 is 4.90 Å². The van der Waals surface area contributed by atoms with Gasteiger partial charge in [-0.2, -0.15) is 5.10 Å². The molecule has 5 heteroatoms. The number of carbonyl (C=O) groups excluding carboxylic acids is 1. The van der Waals surface area contributed by atoms with Crippen LogP contribution in [-0.2, 0) is 7.05 Å². The summed E-state index contributed by atoms with van der Waals surface area (Å²) in [5.41, 5.74) is 4.81. The maximum absolute atomic E-state index is 13.3. The van der Waals surface area contributed by atoms with Crippen LogP contribution in [0.2, 0.25) is 0 Å². The van der Waals surface area contributed by atoms with Crippen molar-refractivity contribution in [1.82, 2.24) is 19.7 Å². The normalized spacial score (nSPS) is 17.4. The van der Waals surface area contributed by atoms with Gasteiger partial charge in [-0.1, -0.05) is 18.2 Å². The van der Waals surface area contributed by atoms with Gasteiger partial charge in [-0.25, -0.2) is 0 Å². The van der Waals surface area contributed by atoms with E-state index in [1.54, 1.807) is 6.20 Å². The molecule has 3 aromatic rings. The minimum atomic E-state index is 0.0643. The number of amides is 1. The average molecular weight is 334 g/mol. The third-order valence-corrected chi connectivity index (χ3v) is 5.27. The predicted octanol–water partition coefficient (Wildman–Crippen LogP) is 3.56. The molecule has 128 valence electrons. The van der Waals surface area contributed by atoms with E-state index in [-0.39, 0.29) is 11.9 Å². The third-order valence-electron chi connectivity index (χ3n) is 5.27. The lowest BCUT2D eigenvalue weighted by molar-refractivity contribution is 0.0737. The molecule has 0 spiro atoms. The van der Waals surface area contributed by atoms with Crippen LogP contribution in [0.4, 0.5) is 0 Å². The van der Waals surface area contributed by atoms with Gasteiger partial charge in [0.25, 0.3) is 5.91 Å². The average Bonchev–Trinajstić information content (AvgIpc) is 3.18. The fraction of sp³-hybridized carbons (Fsp3) is 0.350. The molecule has 4 rings (SSSR count). The molecule has 1 atom stereocenters. The minimum absolute atomic E-state index is 0.0643. The van der Waals surface area contributed by atoms with Crippen LogP contribution in [0, 0.1) is 13.8 Å². The van der Waals surface area contributed by atoms with E-state index in [4.69, 9.17) is 0 Å². The summed E-state index contributed by atoms with van der Waals surface area (Å²) in [5, 5.41) is 5.54. The first kappa shape index (κ1) is 15.8. The molecule has 5 nitrogen and oxygen atoms in total. The second kappa shape index (κ2) is 5.99. The van der Waals surface area contributed by atoms with Gasteiger partial charge in [0.2, 0.25) is 0 Å². The number of hydrogen-bond acceptors (Lipinski definition) is 3. The summed E-state index contributed by atoms with van der Waals surface area (Å²) < 4.78 is 1.91. The predicted molar refractivity (Wildman–Crippen MR) is 97.4 cm³/mol. The molecule has 0 N–H and O–H groups in total. The van der Waals surface area contributed by atoms with Crippen LogP contribution in [0.3, 0.4) is 0 Å². The zero-order chi connectivity index (χ0) is 17.6. The largest absolute Gasteiger partial charge is 0.331 e. The Bertz CT molecular complexity index is 954. The molecule has 3 heterocycles. The molecule has 0 bridgehead atoms. The number of rotatable bonds is 2. The molecule has 0 aliphatic carbocycles. The lowest BCUT2D eigenvalue weighted by Crippen LogP contribution is -2.31. The summed E-state index contributed by atoms with van der Waals surface area (Å²) in [4.78, 5) is 19.8. The quantitative estimate of drug-likeness (QED) is 0.720. The fourth-order valence-electron chi connectivity index (χ4n) is 4.01. The lowest BCUT2D eigenvalue weighted by atomic mass is 10.0. The maximum Gasteiger partial charge on any atom is 0.256 e. The summed E-state index contributed by atoms with van der Waals surface area (Å²) in [6, 6.07) is 9.81. The fourth-order valence-corrected chi connectivity index (χ4v) is 4.01. The molecule has 2 aromatic heterocycles. The number of likely N-dealkylation sites (tertiary alicyclic amines) is 1. The summed E-state index contributed by atoms with van der Waals surface area (Å²) in [6.07, 6.45) is 3.75. The number of para-hydroxylation sites is 1. The molecule has 1 aromatic carbocycles. The van der Waals surface area contributed by atoms with Crippen molar-refractivity contribution in [2.45, 2.75) is 32.7 Å². The third kappa shape index (κ3) is 2.51. The first-order valence-corrected chi connectivity index (χ1v) is 8.72. The van der Waals surface area contributed by atoms with Crippen molar-refractivity contribution >= 4 is 16.8 Å². The van der Waals surface area contributed by atoms with E-state index in [2.05, 4.69) is 17.0 Å². The van der Waals surface area contributed by atoms with Crippen molar-refractivity contribution in [3.63, 3.8) is 0 Å². The molecule has 1 saturated heterocycles. The number of benzene rings is 1. The van der Waals surface area contributed by atoms with Gasteiger partial charge in [0, 0.05) is 36.4 Å². The zero-order valence-electron chi connectivity index (χ0n) is 14.9. The van der Waals surface area contributed by atoms with E-state index in [1.165, 1.54) is 5.56 Å². The highest BCUT2D eigenvalue weighted by molar-refractivity contribution is 6.05. The second-order valence-electron chi connectivity index (χ2n) is 6.75. The molecular weight excluding hydrogens is 312 g/mol. The first-order chi connectivity index (χ1) is 12.1. The van der Waals surface area contributed by atoms with Gasteiger partial charge in [-0.3, -0.25) is 14.5 Å². The van der Waals surface area contributed by atoms with E-state index in [0.717, 1.165) is 41.7 Å². The van der Waals surface area contributed by atoms with Crippen molar-refractivity contribution < 1.29 is 4.79 Å². The number of fused-ring (bicyclic) bond motifs is 1. The van der Waals surface area contributed by atoms with Crippen molar-refractivity contribution in [2.24, 2.45) is 7.05 Å². The highest BCUT2D eigenvalue weighted by Gasteiger charge is 2.34. The standard InChI is InChI=1S/C20H22N4O/c1-13-18(14(2)23(3)22-13)17-10-6-12-24(17)20(25)16-9-4-7-15-8-5-11-21-19(15)16/h4-5,7-9,11,17H,6,10,12H2,1-3H3. The van der Waals surface area contributed by atoms with Gasteiger partial charge in [0.05, 0.1) is 22.8 Å². The molecule has 1 unspecified atom stereocenters. The van der Waals surface area contributed by atoms with E-state index in [1.807, 2.05) is 53.9 Å². The Morgan fingerprint density at radius 2 is 2.00 bits per heavy atom. The number of aromatic nitrogens is 3. The molecule has 0 saturated carbocycles. The van der Waals surface area contributed by atoms with Crippen LogP contribution in [0.5, 0.6) is 0 Å². The molecule has 1 amide bonds. The summed E-state index contributed by atoms with van der Waals surface area (Å²) in [6.45, 7) is 4.89. The molecule has 1 fully saturated rings. The van der Waals surface area contributed by atoms with Gasteiger partial charge in [-0.05, 0) is 38.8 Å². The Kier molecular flexibility index (Phi) is 3.79. The number of nitrogens with zero attached hydrogens (tertiary/aromatic N) is 4. The van der Waals surface area contributed by atoms with Crippen molar-refractivity contribution in [2.75, 3.05) is 6.54 Å². The van der Waals surface area contributed by atoms with E-state index < -0.39 is 0 Å². The van der Waals surface area contributed by atoms with Crippen molar-refractivity contribution in [1.29, 1.82) is 0 Å². The van der Waals surface area contributed by atoms with Crippen LogP contribution < -0.4 is 0 Å². The Hall–Kier alpha value is -2.69. The first-order valence-electron chi connectivity index (χ1n) is 8.72. The molecular formula is C20H22N4O. The van der Waals surface area contributed by atoms with Crippen LogP contribution in [0.15, 0.2) is 36.5 Å². The summed E-state index contributed by atoms with van der Waals surface area (Å²) in [7, 11) is 1.96. The maximum atomic E-state index is 13.3. The van der Waals surface area contributed by atoms with Crippen molar-refractivity contribution in [3.8, 4) is 0 Å². The van der Waals surface area contributed by atoms with Crippen LogP contribution in [0.1, 0.15) is 46.2 Å². The van der Waals surface area contributed by atoms with E-state index in [0.29, 0.717) is 5.56 Å². The summed E-state index contributed by atoms with van der Waals surface area (Å²) in [5.74, 6) is 0.0643. The van der Waals surface area contributed by atoms with Gasteiger partial charge in [0.1, 0.15) is 0 Å². The number of aryl methyl sites for hydroxylation is 2. The molecule has 1 aliphatic heterocycles. The van der Waals surface area contributed by atoms with Crippen LogP contribution >= 0.6 is 0 Å². The van der Waals surface area contributed by atoms with Crippen LogP contribution in [0.25, 0.3) is 10.9 Å².